The van der Waals surface area contributed by atoms with Crippen molar-refractivity contribution in [3.63, 3.8) is 0 Å². The minimum Gasteiger partial charge on any atom is -0.336 e. The van der Waals surface area contributed by atoms with Gasteiger partial charge in [0, 0.05) is 47.5 Å². The van der Waals surface area contributed by atoms with E-state index in [2.05, 4.69) is 10.2 Å². The van der Waals surface area contributed by atoms with Crippen molar-refractivity contribution in [3.05, 3.63) is 64.1 Å². The van der Waals surface area contributed by atoms with Gasteiger partial charge in [-0.2, -0.15) is 0 Å². The van der Waals surface area contributed by atoms with E-state index in [1.807, 2.05) is 42.2 Å². The minimum absolute atomic E-state index is 0.0286. The van der Waals surface area contributed by atoms with Crippen LogP contribution < -0.4 is 5.32 Å². The van der Waals surface area contributed by atoms with Gasteiger partial charge in [0.1, 0.15) is 0 Å². The Bertz CT molecular complexity index is 801. The van der Waals surface area contributed by atoms with E-state index < -0.39 is 0 Å². The molecule has 0 saturated carbocycles. The van der Waals surface area contributed by atoms with Crippen molar-refractivity contribution < 1.29 is 9.59 Å². The van der Waals surface area contributed by atoms with E-state index in [0.717, 1.165) is 0 Å². The van der Waals surface area contributed by atoms with Gasteiger partial charge >= 0.3 is 0 Å². The molecule has 3 rings (SSSR count). The second-order valence-electron chi connectivity index (χ2n) is 6.52. The Morgan fingerprint density at radius 1 is 0.963 bits per heavy atom. The molecule has 0 radical (unpaired) electrons. The number of hydrogen-bond acceptors (Lipinski definition) is 3. The number of hydrogen-bond donors (Lipinski definition) is 1. The fourth-order valence-corrected chi connectivity index (χ4v) is 3.64. The monoisotopic (exact) mass is 405 g/mol. The molecule has 7 heteroatoms. The molecule has 0 unspecified atom stereocenters. The molecule has 2 aromatic carbocycles. The van der Waals surface area contributed by atoms with Gasteiger partial charge in [-0.25, -0.2) is 0 Å². The van der Waals surface area contributed by atoms with Crippen LogP contribution in [0.2, 0.25) is 10.0 Å². The summed E-state index contributed by atoms with van der Waals surface area (Å²) in [6, 6.07) is 13.9. The van der Waals surface area contributed by atoms with Crippen molar-refractivity contribution in [3.8, 4) is 0 Å². The fourth-order valence-electron chi connectivity index (χ4n) is 3.11. The number of nitrogens with zero attached hydrogens (tertiary/aromatic N) is 2. The van der Waals surface area contributed by atoms with Gasteiger partial charge in [0.2, 0.25) is 5.91 Å². The second-order valence-corrected chi connectivity index (χ2v) is 7.39. The molecule has 1 atom stereocenters. The maximum absolute atomic E-state index is 12.6. The third kappa shape index (κ3) is 5.01. The zero-order valence-corrected chi connectivity index (χ0v) is 16.5. The van der Waals surface area contributed by atoms with E-state index >= 15 is 0 Å². The lowest BCUT2D eigenvalue weighted by Gasteiger charge is -2.37. The lowest BCUT2D eigenvalue weighted by atomic mass is 10.1. The van der Waals surface area contributed by atoms with Crippen LogP contribution in [0.3, 0.4) is 0 Å². The molecular weight excluding hydrogens is 385 g/mol. The maximum Gasteiger partial charge on any atom is 0.253 e. The van der Waals surface area contributed by atoms with Gasteiger partial charge in [0.05, 0.1) is 6.04 Å². The zero-order chi connectivity index (χ0) is 19.4. The lowest BCUT2D eigenvalue weighted by Crippen LogP contribution is -2.54. The Hall–Kier alpha value is -2.08. The summed E-state index contributed by atoms with van der Waals surface area (Å²) in [5, 5.41) is 3.79. The number of piperazine rings is 1. The van der Waals surface area contributed by atoms with Crippen LogP contribution in [0.1, 0.15) is 17.3 Å². The van der Waals surface area contributed by atoms with Crippen molar-refractivity contribution in [1.29, 1.82) is 0 Å². The first-order chi connectivity index (χ1) is 12.9. The second kappa shape index (κ2) is 8.74. The van der Waals surface area contributed by atoms with Crippen LogP contribution in [-0.4, -0.2) is 53.8 Å². The van der Waals surface area contributed by atoms with Gasteiger partial charge in [-0.1, -0.05) is 41.4 Å². The SMILES string of the molecule is C[C@H](C(=O)Nc1cc(Cl)cc(Cl)c1)N1CCN(C(=O)c2ccccc2)CC1. The van der Waals surface area contributed by atoms with E-state index in [0.29, 0.717) is 47.5 Å². The van der Waals surface area contributed by atoms with Gasteiger partial charge < -0.3 is 10.2 Å². The average molecular weight is 406 g/mol. The van der Waals surface area contributed by atoms with Crippen LogP contribution in [0, 0.1) is 0 Å². The molecule has 1 fully saturated rings. The van der Waals surface area contributed by atoms with Crippen molar-refractivity contribution >= 4 is 40.7 Å². The van der Waals surface area contributed by atoms with Gasteiger partial charge in [0.15, 0.2) is 0 Å². The zero-order valence-electron chi connectivity index (χ0n) is 15.0. The number of rotatable bonds is 4. The molecule has 1 aliphatic rings. The summed E-state index contributed by atoms with van der Waals surface area (Å²) in [5.74, 6) is -0.0999. The number of benzene rings is 2. The first-order valence-electron chi connectivity index (χ1n) is 8.79. The summed E-state index contributed by atoms with van der Waals surface area (Å²) < 4.78 is 0. The molecule has 0 bridgehead atoms. The highest BCUT2D eigenvalue weighted by atomic mass is 35.5. The summed E-state index contributed by atoms with van der Waals surface area (Å²) in [7, 11) is 0. The van der Waals surface area contributed by atoms with Crippen LogP contribution in [-0.2, 0) is 4.79 Å². The standard InChI is InChI=1S/C20H21Cl2N3O2/c1-14(19(26)23-18-12-16(21)11-17(22)13-18)24-7-9-25(10-8-24)20(27)15-5-3-2-4-6-15/h2-6,11-14H,7-10H2,1H3,(H,23,26)/t14-/m1/s1. The Morgan fingerprint density at radius 3 is 2.15 bits per heavy atom. The molecule has 0 aliphatic carbocycles. The molecule has 142 valence electrons. The van der Waals surface area contributed by atoms with E-state index in [1.54, 1.807) is 18.2 Å². The van der Waals surface area contributed by atoms with Crippen LogP contribution in [0.4, 0.5) is 5.69 Å². The minimum atomic E-state index is -0.322. The van der Waals surface area contributed by atoms with Crippen molar-refractivity contribution in [2.45, 2.75) is 13.0 Å². The highest BCUT2D eigenvalue weighted by molar-refractivity contribution is 6.35. The summed E-state index contributed by atoms with van der Waals surface area (Å²) in [5.41, 5.74) is 1.26. The number of anilines is 1. The third-order valence-electron chi connectivity index (χ3n) is 4.68. The fraction of sp³-hybridized carbons (Fsp3) is 0.300. The van der Waals surface area contributed by atoms with Crippen LogP contribution in [0.15, 0.2) is 48.5 Å². The van der Waals surface area contributed by atoms with E-state index in [-0.39, 0.29) is 17.9 Å². The Morgan fingerprint density at radius 2 is 1.56 bits per heavy atom. The molecule has 1 aliphatic heterocycles. The largest absolute Gasteiger partial charge is 0.336 e. The summed E-state index contributed by atoms with van der Waals surface area (Å²) in [4.78, 5) is 29.0. The molecule has 2 amide bonds. The van der Waals surface area contributed by atoms with Crippen molar-refractivity contribution in [1.82, 2.24) is 9.80 Å². The van der Waals surface area contributed by atoms with E-state index in [1.165, 1.54) is 0 Å². The summed E-state index contributed by atoms with van der Waals surface area (Å²) in [6.45, 7) is 4.33. The number of carbonyl (C=O) groups excluding carboxylic acids is 2. The number of halogens is 2. The Kier molecular flexibility index (Phi) is 6.37. The topological polar surface area (TPSA) is 52.7 Å². The normalized spacial score (nSPS) is 16.0. The number of nitrogens with one attached hydrogen (secondary N) is 1. The first-order valence-corrected chi connectivity index (χ1v) is 9.55. The number of carbonyl (C=O) groups is 2. The molecular formula is C20H21Cl2N3O2. The van der Waals surface area contributed by atoms with Crippen molar-refractivity contribution in [2.75, 3.05) is 31.5 Å². The molecule has 1 N–H and O–H groups in total. The summed E-state index contributed by atoms with van der Waals surface area (Å²) >= 11 is 11.9. The van der Waals surface area contributed by atoms with Gasteiger partial charge in [-0.05, 0) is 37.3 Å². The molecule has 0 spiro atoms. The number of amides is 2. The highest BCUT2D eigenvalue weighted by Crippen LogP contribution is 2.23. The van der Waals surface area contributed by atoms with E-state index in [4.69, 9.17) is 23.2 Å². The Balaban J connectivity index is 1.55. The lowest BCUT2D eigenvalue weighted by molar-refractivity contribution is -0.121. The third-order valence-corrected chi connectivity index (χ3v) is 5.12. The van der Waals surface area contributed by atoms with Crippen LogP contribution in [0.5, 0.6) is 0 Å². The molecule has 1 saturated heterocycles. The Labute approximate surface area is 168 Å². The molecule has 0 aromatic heterocycles. The average Bonchev–Trinajstić information content (AvgIpc) is 2.67. The van der Waals surface area contributed by atoms with Crippen LogP contribution in [0.25, 0.3) is 0 Å². The molecule has 27 heavy (non-hydrogen) atoms. The molecule has 1 heterocycles. The predicted octanol–water partition coefficient (Wildman–Crippen LogP) is 3.78. The van der Waals surface area contributed by atoms with Crippen molar-refractivity contribution in [2.24, 2.45) is 0 Å². The first kappa shape index (κ1) is 19.7. The van der Waals surface area contributed by atoms with Gasteiger partial charge in [-0.15, -0.1) is 0 Å². The maximum atomic E-state index is 12.6. The van der Waals surface area contributed by atoms with Gasteiger partial charge in [-0.3, -0.25) is 14.5 Å². The van der Waals surface area contributed by atoms with E-state index in [9.17, 15) is 9.59 Å². The highest BCUT2D eigenvalue weighted by Gasteiger charge is 2.28. The molecule has 2 aromatic rings. The predicted molar refractivity (Wildman–Crippen MR) is 108 cm³/mol. The van der Waals surface area contributed by atoms with Crippen LogP contribution >= 0.6 is 23.2 Å². The smallest absolute Gasteiger partial charge is 0.253 e. The van der Waals surface area contributed by atoms with Gasteiger partial charge in [0.25, 0.3) is 5.91 Å². The molecule has 5 nitrogen and oxygen atoms in total. The quantitative estimate of drug-likeness (QED) is 0.841. The summed E-state index contributed by atoms with van der Waals surface area (Å²) in [6.07, 6.45) is 0.